The van der Waals surface area contributed by atoms with E-state index in [1.807, 2.05) is 0 Å². The van der Waals surface area contributed by atoms with Crippen molar-refractivity contribution < 1.29 is 4.92 Å². The first-order valence-electron chi connectivity index (χ1n) is 6.45. The molecule has 19 heavy (non-hydrogen) atoms. The van der Waals surface area contributed by atoms with E-state index >= 15 is 0 Å². The summed E-state index contributed by atoms with van der Waals surface area (Å²) in [5.74, 6) is 0. The number of nitrogen functional groups attached to an aromatic ring is 1. The molecular formula is C13H20N4O2. The summed E-state index contributed by atoms with van der Waals surface area (Å²) in [6.45, 7) is 1.65. The summed E-state index contributed by atoms with van der Waals surface area (Å²) in [5.41, 5.74) is 6.64. The lowest BCUT2D eigenvalue weighted by Crippen LogP contribution is -2.42. The fourth-order valence-electron chi connectivity index (χ4n) is 2.63. The zero-order valence-corrected chi connectivity index (χ0v) is 11.4. The molecule has 0 radical (unpaired) electrons. The molecule has 0 aromatic heterocycles. The zero-order chi connectivity index (χ0) is 14.0. The maximum Gasteiger partial charge on any atom is 0.315 e. The third-order valence-corrected chi connectivity index (χ3v) is 3.76. The normalized spacial score (nSPS) is 16.9. The lowest BCUT2D eigenvalue weighted by Gasteiger charge is -2.36. The van der Waals surface area contributed by atoms with E-state index in [1.165, 1.54) is 0 Å². The number of para-hydroxylation sites is 1. The molecule has 2 rings (SSSR count). The van der Waals surface area contributed by atoms with Gasteiger partial charge in [0, 0.05) is 19.1 Å². The molecule has 6 nitrogen and oxygen atoms in total. The van der Waals surface area contributed by atoms with E-state index in [1.54, 1.807) is 18.2 Å². The van der Waals surface area contributed by atoms with E-state index in [9.17, 15) is 10.1 Å². The Morgan fingerprint density at radius 3 is 2.53 bits per heavy atom. The number of nitro groups is 1. The van der Waals surface area contributed by atoms with Crippen LogP contribution in [0.4, 0.5) is 17.1 Å². The fraction of sp³-hybridized carbons (Fsp3) is 0.538. The molecule has 6 heteroatoms. The van der Waals surface area contributed by atoms with Crippen LogP contribution in [0.25, 0.3) is 0 Å². The fourth-order valence-corrected chi connectivity index (χ4v) is 2.63. The number of nitrogens with zero attached hydrogens (tertiary/aromatic N) is 3. The molecule has 1 heterocycles. The first kappa shape index (κ1) is 13.6. The molecule has 0 atom stereocenters. The highest BCUT2D eigenvalue weighted by atomic mass is 16.6. The van der Waals surface area contributed by atoms with Crippen molar-refractivity contribution in [3.05, 3.63) is 28.3 Å². The number of hydrogen-bond donors (Lipinski definition) is 1. The lowest BCUT2D eigenvalue weighted by atomic mass is 10.0. The van der Waals surface area contributed by atoms with Gasteiger partial charge in [0.2, 0.25) is 0 Å². The minimum absolute atomic E-state index is 0.0332. The van der Waals surface area contributed by atoms with Crippen LogP contribution in [0.5, 0.6) is 0 Å². The maximum absolute atomic E-state index is 11.1. The second kappa shape index (κ2) is 5.44. The highest BCUT2D eigenvalue weighted by molar-refractivity contribution is 5.75. The van der Waals surface area contributed by atoms with Gasteiger partial charge in [-0.15, -0.1) is 0 Å². The van der Waals surface area contributed by atoms with Crippen LogP contribution >= 0.6 is 0 Å². The first-order chi connectivity index (χ1) is 9.00. The van der Waals surface area contributed by atoms with Gasteiger partial charge in [-0.1, -0.05) is 6.07 Å². The van der Waals surface area contributed by atoms with Crippen LogP contribution in [0.3, 0.4) is 0 Å². The number of nitro benzene ring substituents is 1. The molecule has 1 saturated heterocycles. The first-order valence-corrected chi connectivity index (χ1v) is 6.45. The molecule has 0 unspecified atom stereocenters. The monoisotopic (exact) mass is 264 g/mol. The summed E-state index contributed by atoms with van der Waals surface area (Å²) < 4.78 is 0. The summed E-state index contributed by atoms with van der Waals surface area (Å²) in [6, 6.07) is 5.69. The topological polar surface area (TPSA) is 75.6 Å². The van der Waals surface area contributed by atoms with Crippen LogP contribution in [0, 0.1) is 10.1 Å². The SMILES string of the molecule is CN(C)C1CCN(c2cccc(N)c2[N+](=O)[O-])CC1. The molecule has 0 amide bonds. The predicted molar refractivity (Wildman–Crippen MR) is 76.4 cm³/mol. The van der Waals surface area contributed by atoms with Crippen molar-refractivity contribution in [1.82, 2.24) is 4.90 Å². The average Bonchev–Trinajstić information content (AvgIpc) is 2.38. The van der Waals surface area contributed by atoms with E-state index in [2.05, 4.69) is 23.9 Å². The van der Waals surface area contributed by atoms with Crippen LogP contribution in [0.1, 0.15) is 12.8 Å². The summed E-state index contributed by atoms with van der Waals surface area (Å²) in [6.07, 6.45) is 2.03. The van der Waals surface area contributed by atoms with Crippen LogP contribution in [0.15, 0.2) is 18.2 Å². The van der Waals surface area contributed by atoms with Crippen molar-refractivity contribution >= 4 is 17.1 Å². The number of nitrogens with two attached hydrogens (primary N) is 1. The summed E-state index contributed by atoms with van der Waals surface area (Å²) in [7, 11) is 4.15. The minimum Gasteiger partial charge on any atom is -0.393 e. The van der Waals surface area contributed by atoms with Gasteiger partial charge in [-0.2, -0.15) is 0 Å². The second-order valence-electron chi connectivity index (χ2n) is 5.15. The number of anilines is 2. The summed E-state index contributed by atoms with van der Waals surface area (Å²) >= 11 is 0. The van der Waals surface area contributed by atoms with E-state index in [0.29, 0.717) is 11.7 Å². The molecule has 2 N–H and O–H groups in total. The molecule has 1 aromatic rings. The summed E-state index contributed by atoms with van der Waals surface area (Å²) in [5, 5.41) is 11.1. The van der Waals surface area contributed by atoms with Crippen LogP contribution in [-0.2, 0) is 0 Å². The van der Waals surface area contributed by atoms with E-state index in [4.69, 9.17) is 5.73 Å². The molecule has 1 aliphatic rings. The number of benzene rings is 1. The number of piperidine rings is 1. The third kappa shape index (κ3) is 2.78. The smallest absolute Gasteiger partial charge is 0.315 e. The minimum atomic E-state index is -0.386. The Labute approximate surface area is 112 Å². The second-order valence-corrected chi connectivity index (χ2v) is 5.15. The van der Waals surface area contributed by atoms with Crippen LogP contribution in [-0.4, -0.2) is 43.0 Å². The van der Waals surface area contributed by atoms with Crippen molar-refractivity contribution in [3.63, 3.8) is 0 Å². The van der Waals surface area contributed by atoms with E-state index < -0.39 is 0 Å². The number of hydrogen-bond acceptors (Lipinski definition) is 5. The van der Waals surface area contributed by atoms with Crippen molar-refractivity contribution in [3.8, 4) is 0 Å². The van der Waals surface area contributed by atoms with Crippen LogP contribution in [0.2, 0.25) is 0 Å². The zero-order valence-electron chi connectivity index (χ0n) is 11.4. The molecule has 1 aliphatic heterocycles. The molecule has 0 bridgehead atoms. The predicted octanol–water partition coefficient (Wildman–Crippen LogP) is 1.71. The van der Waals surface area contributed by atoms with Gasteiger partial charge >= 0.3 is 5.69 Å². The molecular weight excluding hydrogens is 244 g/mol. The van der Waals surface area contributed by atoms with Crippen molar-refractivity contribution in [1.29, 1.82) is 0 Å². The molecule has 0 spiro atoms. The van der Waals surface area contributed by atoms with Gasteiger partial charge in [-0.05, 0) is 39.1 Å². The quantitative estimate of drug-likeness (QED) is 0.511. The lowest BCUT2D eigenvalue weighted by molar-refractivity contribution is -0.383. The standard InChI is InChI=1S/C13H20N4O2/c1-15(2)10-6-8-16(9-7-10)12-5-3-4-11(14)13(12)17(18)19/h3-5,10H,6-9,14H2,1-2H3. The van der Waals surface area contributed by atoms with E-state index in [-0.39, 0.29) is 16.3 Å². The van der Waals surface area contributed by atoms with Gasteiger partial charge in [0.05, 0.1) is 4.92 Å². The molecule has 104 valence electrons. The van der Waals surface area contributed by atoms with Gasteiger partial charge < -0.3 is 15.5 Å². The number of rotatable bonds is 3. The Morgan fingerprint density at radius 1 is 1.37 bits per heavy atom. The molecule has 0 aliphatic carbocycles. The van der Waals surface area contributed by atoms with Crippen molar-refractivity contribution in [2.24, 2.45) is 0 Å². The molecule has 0 saturated carbocycles. The Hall–Kier alpha value is -1.82. The largest absolute Gasteiger partial charge is 0.393 e. The average molecular weight is 264 g/mol. The van der Waals surface area contributed by atoms with E-state index in [0.717, 1.165) is 25.9 Å². The van der Waals surface area contributed by atoms with Gasteiger partial charge in [-0.25, -0.2) is 0 Å². The van der Waals surface area contributed by atoms with Gasteiger partial charge in [-0.3, -0.25) is 10.1 Å². The maximum atomic E-state index is 11.1. The Bertz CT molecular complexity index is 468. The third-order valence-electron chi connectivity index (χ3n) is 3.76. The van der Waals surface area contributed by atoms with Crippen molar-refractivity contribution in [2.75, 3.05) is 37.8 Å². The highest BCUT2D eigenvalue weighted by Gasteiger charge is 2.26. The Morgan fingerprint density at radius 2 is 2.00 bits per heavy atom. The molecule has 1 aromatic carbocycles. The van der Waals surface area contributed by atoms with Crippen molar-refractivity contribution in [2.45, 2.75) is 18.9 Å². The summed E-state index contributed by atoms with van der Waals surface area (Å²) in [4.78, 5) is 15.0. The van der Waals surface area contributed by atoms with Gasteiger partial charge in [0.15, 0.2) is 0 Å². The van der Waals surface area contributed by atoms with Crippen LogP contribution < -0.4 is 10.6 Å². The Kier molecular flexibility index (Phi) is 3.90. The van der Waals surface area contributed by atoms with Gasteiger partial charge in [0.25, 0.3) is 0 Å². The Balaban J connectivity index is 2.20. The molecule has 1 fully saturated rings. The highest BCUT2D eigenvalue weighted by Crippen LogP contribution is 2.35. The van der Waals surface area contributed by atoms with Gasteiger partial charge in [0.1, 0.15) is 11.4 Å².